The number of phenolic OH excluding ortho intramolecular Hbond substituents is 1. The minimum atomic E-state index is 0.495. The van der Waals surface area contributed by atoms with Gasteiger partial charge in [0, 0.05) is 30.1 Å². The third-order valence-corrected chi connectivity index (χ3v) is 4.65. The summed E-state index contributed by atoms with van der Waals surface area (Å²) in [6.07, 6.45) is 5.45. The second-order valence-corrected chi connectivity index (χ2v) is 5.63. The van der Waals surface area contributed by atoms with Gasteiger partial charge in [0.2, 0.25) is 0 Å². The summed E-state index contributed by atoms with van der Waals surface area (Å²) in [7, 11) is 0. The van der Waals surface area contributed by atoms with E-state index in [0.29, 0.717) is 23.8 Å². The van der Waals surface area contributed by atoms with Crippen LogP contribution in [0.5, 0.6) is 5.75 Å². The second-order valence-electron chi connectivity index (χ2n) is 5.63. The summed E-state index contributed by atoms with van der Waals surface area (Å²) in [5.41, 5.74) is 2.57. The van der Waals surface area contributed by atoms with Crippen LogP contribution in [0.15, 0.2) is 30.9 Å². The first-order valence-electron chi connectivity index (χ1n) is 6.89. The summed E-state index contributed by atoms with van der Waals surface area (Å²) in [4.78, 5) is 2.55. The van der Waals surface area contributed by atoms with Crippen molar-refractivity contribution < 1.29 is 5.11 Å². The van der Waals surface area contributed by atoms with Crippen LogP contribution in [0.4, 0.5) is 0 Å². The van der Waals surface area contributed by atoms with Crippen LogP contribution in [-0.4, -0.2) is 28.6 Å². The SMILES string of the molecule is C=CCN1C(C)CC2c3c(O)cccc3CCC21. The molecular formula is C16H21NO. The fraction of sp³-hybridized carbons (Fsp3) is 0.500. The monoisotopic (exact) mass is 243 g/mol. The maximum absolute atomic E-state index is 10.2. The fourth-order valence-electron chi connectivity index (χ4n) is 3.91. The Morgan fingerprint density at radius 1 is 1.50 bits per heavy atom. The number of likely N-dealkylation sites (tertiary alicyclic amines) is 1. The number of aromatic hydroxyl groups is 1. The Balaban J connectivity index is 1.99. The van der Waals surface area contributed by atoms with Crippen LogP contribution in [0.3, 0.4) is 0 Å². The molecule has 18 heavy (non-hydrogen) atoms. The summed E-state index contributed by atoms with van der Waals surface area (Å²) in [6, 6.07) is 7.14. The van der Waals surface area contributed by atoms with Crippen molar-refractivity contribution in [3.63, 3.8) is 0 Å². The van der Waals surface area contributed by atoms with Crippen LogP contribution in [-0.2, 0) is 6.42 Å². The predicted octanol–water partition coefficient (Wildman–Crippen LogP) is 3.07. The third-order valence-electron chi connectivity index (χ3n) is 4.65. The van der Waals surface area contributed by atoms with E-state index in [-0.39, 0.29) is 0 Å². The zero-order valence-corrected chi connectivity index (χ0v) is 11.0. The lowest BCUT2D eigenvalue weighted by atomic mass is 9.79. The van der Waals surface area contributed by atoms with E-state index in [1.54, 1.807) is 0 Å². The van der Waals surface area contributed by atoms with Gasteiger partial charge in [-0.25, -0.2) is 0 Å². The van der Waals surface area contributed by atoms with Gasteiger partial charge < -0.3 is 5.11 Å². The molecule has 3 rings (SSSR count). The Morgan fingerprint density at radius 3 is 3.11 bits per heavy atom. The number of rotatable bonds is 2. The van der Waals surface area contributed by atoms with Crippen LogP contribution in [0, 0.1) is 0 Å². The van der Waals surface area contributed by atoms with Gasteiger partial charge >= 0.3 is 0 Å². The van der Waals surface area contributed by atoms with Gasteiger partial charge in [0.1, 0.15) is 5.75 Å². The van der Waals surface area contributed by atoms with E-state index in [2.05, 4.69) is 24.5 Å². The topological polar surface area (TPSA) is 23.5 Å². The molecule has 0 spiro atoms. The molecule has 1 aromatic rings. The third kappa shape index (κ3) is 1.67. The predicted molar refractivity (Wildman–Crippen MR) is 73.9 cm³/mol. The van der Waals surface area contributed by atoms with Crippen LogP contribution in [0.25, 0.3) is 0 Å². The number of phenols is 1. The lowest BCUT2D eigenvalue weighted by Gasteiger charge is -2.34. The van der Waals surface area contributed by atoms with Gasteiger partial charge in [0.05, 0.1) is 0 Å². The van der Waals surface area contributed by atoms with Gasteiger partial charge in [-0.05, 0) is 37.8 Å². The van der Waals surface area contributed by atoms with E-state index < -0.39 is 0 Å². The fourth-order valence-corrected chi connectivity index (χ4v) is 3.91. The second kappa shape index (κ2) is 4.43. The average Bonchev–Trinajstić information content (AvgIpc) is 2.67. The number of benzene rings is 1. The first-order chi connectivity index (χ1) is 8.72. The summed E-state index contributed by atoms with van der Waals surface area (Å²) in [5, 5.41) is 10.2. The lowest BCUT2D eigenvalue weighted by molar-refractivity contribution is 0.205. The molecule has 1 aliphatic heterocycles. The van der Waals surface area contributed by atoms with Crippen LogP contribution in [0.1, 0.15) is 36.8 Å². The van der Waals surface area contributed by atoms with E-state index >= 15 is 0 Å². The summed E-state index contributed by atoms with van der Waals surface area (Å²) in [5.74, 6) is 1.000. The Bertz CT molecular complexity index is 468. The van der Waals surface area contributed by atoms with Gasteiger partial charge in [0.15, 0.2) is 0 Å². The molecule has 1 fully saturated rings. The molecule has 0 bridgehead atoms. The molecule has 1 aromatic carbocycles. The zero-order chi connectivity index (χ0) is 12.7. The molecule has 1 N–H and O–H groups in total. The highest BCUT2D eigenvalue weighted by Gasteiger charge is 2.42. The summed E-state index contributed by atoms with van der Waals surface area (Å²) in [6.45, 7) is 7.12. The molecule has 1 saturated heterocycles. The van der Waals surface area contributed by atoms with Crippen LogP contribution < -0.4 is 0 Å². The zero-order valence-electron chi connectivity index (χ0n) is 11.0. The molecule has 0 radical (unpaired) electrons. The molecule has 0 aromatic heterocycles. The van der Waals surface area contributed by atoms with Gasteiger partial charge in [-0.15, -0.1) is 6.58 Å². The first kappa shape index (κ1) is 11.8. The van der Waals surface area contributed by atoms with Gasteiger partial charge in [-0.1, -0.05) is 18.2 Å². The Kier molecular flexibility index (Phi) is 2.90. The van der Waals surface area contributed by atoms with Crippen LogP contribution >= 0.6 is 0 Å². The smallest absolute Gasteiger partial charge is 0.119 e. The maximum Gasteiger partial charge on any atom is 0.119 e. The molecule has 2 heteroatoms. The number of hydrogen-bond donors (Lipinski definition) is 1. The molecule has 96 valence electrons. The highest BCUT2D eigenvalue weighted by atomic mass is 16.3. The largest absolute Gasteiger partial charge is 0.508 e. The van der Waals surface area contributed by atoms with Crippen molar-refractivity contribution >= 4 is 0 Å². The maximum atomic E-state index is 10.2. The van der Waals surface area contributed by atoms with Gasteiger partial charge in [-0.2, -0.15) is 0 Å². The number of aryl methyl sites for hydroxylation is 1. The molecule has 2 aliphatic rings. The van der Waals surface area contributed by atoms with Crippen molar-refractivity contribution in [1.29, 1.82) is 0 Å². The van der Waals surface area contributed by atoms with Crippen molar-refractivity contribution in [2.75, 3.05) is 6.54 Å². The van der Waals surface area contributed by atoms with Crippen molar-refractivity contribution in [2.45, 2.75) is 44.2 Å². The Hall–Kier alpha value is -1.28. The minimum absolute atomic E-state index is 0.495. The van der Waals surface area contributed by atoms with E-state index in [0.717, 1.165) is 19.4 Å². The van der Waals surface area contributed by atoms with Gasteiger partial charge in [-0.3, -0.25) is 4.90 Å². The number of nitrogens with zero attached hydrogens (tertiary/aromatic N) is 1. The lowest BCUT2D eigenvalue weighted by Crippen LogP contribution is -2.38. The quantitative estimate of drug-likeness (QED) is 0.807. The van der Waals surface area contributed by atoms with Crippen LogP contribution in [0.2, 0.25) is 0 Å². The van der Waals surface area contributed by atoms with Gasteiger partial charge in [0.25, 0.3) is 0 Å². The summed E-state index contributed by atoms with van der Waals surface area (Å²) >= 11 is 0. The Labute approximate surface area is 109 Å². The standard InChI is InChI=1S/C16H21NO/c1-3-9-17-11(2)10-13-14(17)8-7-12-5-4-6-15(18)16(12)13/h3-6,11,13-14,18H,1,7-10H2,2H3. The normalized spacial score (nSPS) is 30.8. The summed E-state index contributed by atoms with van der Waals surface area (Å²) < 4.78 is 0. The molecular weight excluding hydrogens is 222 g/mol. The molecule has 1 aliphatic carbocycles. The Morgan fingerprint density at radius 2 is 2.33 bits per heavy atom. The molecule has 0 saturated carbocycles. The first-order valence-corrected chi connectivity index (χ1v) is 6.89. The molecule has 2 nitrogen and oxygen atoms in total. The van der Waals surface area contributed by atoms with E-state index in [4.69, 9.17) is 0 Å². The van der Waals surface area contributed by atoms with Crippen molar-refractivity contribution in [3.05, 3.63) is 42.0 Å². The molecule has 0 amide bonds. The minimum Gasteiger partial charge on any atom is -0.508 e. The highest BCUT2D eigenvalue weighted by Crippen LogP contribution is 2.47. The number of fused-ring (bicyclic) bond motifs is 3. The number of hydrogen-bond acceptors (Lipinski definition) is 2. The molecule has 3 atom stereocenters. The van der Waals surface area contributed by atoms with Crippen molar-refractivity contribution in [3.8, 4) is 5.75 Å². The molecule has 1 heterocycles. The average molecular weight is 243 g/mol. The van der Waals surface area contributed by atoms with Crippen molar-refractivity contribution in [2.24, 2.45) is 0 Å². The van der Waals surface area contributed by atoms with Crippen molar-refractivity contribution in [1.82, 2.24) is 4.90 Å². The van der Waals surface area contributed by atoms with E-state index in [9.17, 15) is 5.11 Å². The highest BCUT2D eigenvalue weighted by molar-refractivity contribution is 5.45. The van der Waals surface area contributed by atoms with E-state index in [1.807, 2.05) is 18.2 Å². The van der Waals surface area contributed by atoms with E-state index in [1.165, 1.54) is 17.5 Å². The molecule has 3 unspecified atom stereocenters.